The molecule has 2 aromatic rings. The van der Waals surface area contributed by atoms with Gasteiger partial charge in [0, 0.05) is 16.9 Å². The Hall–Kier alpha value is -1.65. The number of carbonyl (C=O) groups excluding carboxylic acids is 1. The van der Waals surface area contributed by atoms with Crippen LogP contribution in [0.2, 0.25) is 0 Å². The molecule has 1 atom stereocenters. The van der Waals surface area contributed by atoms with Gasteiger partial charge in [0.1, 0.15) is 0 Å². The third-order valence-corrected chi connectivity index (χ3v) is 6.07. The van der Waals surface area contributed by atoms with Gasteiger partial charge in [-0.2, -0.15) is 0 Å². The molecule has 27 heavy (non-hydrogen) atoms. The van der Waals surface area contributed by atoms with Gasteiger partial charge in [0.2, 0.25) is 5.91 Å². The number of piperidine rings is 1. The largest absolute Gasteiger partial charge is 0.349 e. The van der Waals surface area contributed by atoms with Crippen LogP contribution in [-0.2, 0) is 11.3 Å². The topological polar surface area (TPSA) is 32.3 Å². The maximum absolute atomic E-state index is 12.7. The van der Waals surface area contributed by atoms with Crippen molar-refractivity contribution in [1.82, 2.24) is 10.2 Å². The summed E-state index contributed by atoms with van der Waals surface area (Å²) in [6.07, 6.45) is 1.86. The lowest BCUT2D eigenvalue weighted by Gasteiger charge is -2.32. The van der Waals surface area contributed by atoms with Crippen molar-refractivity contribution >= 4 is 21.8 Å². The van der Waals surface area contributed by atoms with Crippen molar-refractivity contribution in [2.24, 2.45) is 5.92 Å². The first-order valence-corrected chi connectivity index (χ1v) is 10.6. The Morgan fingerprint density at radius 3 is 2.48 bits per heavy atom. The summed E-state index contributed by atoms with van der Waals surface area (Å²) in [7, 11) is 0. The van der Waals surface area contributed by atoms with Gasteiger partial charge in [0.05, 0.1) is 6.04 Å². The van der Waals surface area contributed by atoms with Crippen LogP contribution in [0.15, 0.2) is 46.9 Å². The summed E-state index contributed by atoms with van der Waals surface area (Å²) in [5, 5.41) is 3.24. The van der Waals surface area contributed by atoms with Crippen LogP contribution in [0, 0.1) is 19.8 Å². The first-order valence-electron chi connectivity index (χ1n) is 9.76. The molecule has 1 heterocycles. The second kappa shape index (κ2) is 9.03. The molecule has 3 nitrogen and oxygen atoms in total. The van der Waals surface area contributed by atoms with Crippen molar-refractivity contribution in [3.8, 4) is 0 Å². The van der Waals surface area contributed by atoms with Gasteiger partial charge < -0.3 is 5.32 Å². The summed E-state index contributed by atoms with van der Waals surface area (Å²) in [4.78, 5) is 15.2. The fraction of sp³-hybridized carbons (Fsp3) is 0.435. The van der Waals surface area contributed by atoms with Gasteiger partial charge in [-0.15, -0.1) is 0 Å². The molecule has 1 aliphatic rings. The Morgan fingerprint density at radius 1 is 1.15 bits per heavy atom. The molecule has 0 bridgehead atoms. The maximum Gasteiger partial charge on any atom is 0.223 e. The molecule has 0 spiro atoms. The number of hydrogen-bond donors (Lipinski definition) is 1. The first-order chi connectivity index (χ1) is 12.9. The van der Waals surface area contributed by atoms with Gasteiger partial charge in [-0.05, 0) is 75.5 Å². The minimum atomic E-state index is 0.0539. The number of nitrogens with one attached hydrogen (secondary N) is 1. The predicted octanol–water partition coefficient (Wildman–Crippen LogP) is 5.16. The Labute approximate surface area is 171 Å². The molecule has 1 amide bonds. The molecule has 4 heteroatoms. The Morgan fingerprint density at radius 2 is 1.81 bits per heavy atom. The maximum atomic E-state index is 12.7. The number of halogens is 1. The molecule has 0 radical (unpaired) electrons. The number of nitrogens with zero attached hydrogens (tertiary/aromatic N) is 1. The van der Waals surface area contributed by atoms with Crippen molar-refractivity contribution in [2.45, 2.75) is 46.2 Å². The molecule has 0 aliphatic carbocycles. The van der Waals surface area contributed by atoms with Crippen molar-refractivity contribution in [3.05, 3.63) is 69.2 Å². The summed E-state index contributed by atoms with van der Waals surface area (Å²) >= 11 is 3.48. The molecular formula is C23H29BrN2O. The van der Waals surface area contributed by atoms with Crippen LogP contribution >= 0.6 is 15.9 Å². The van der Waals surface area contributed by atoms with Crippen LogP contribution in [0.4, 0.5) is 0 Å². The third kappa shape index (κ3) is 5.43. The zero-order chi connectivity index (χ0) is 19.4. The van der Waals surface area contributed by atoms with E-state index in [1.807, 2.05) is 0 Å². The summed E-state index contributed by atoms with van der Waals surface area (Å²) in [5.74, 6) is 0.324. The van der Waals surface area contributed by atoms with Gasteiger partial charge in [-0.1, -0.05) is 51.8 Å². The van der Waals surface area contributed by atoms with Crippen LogP contribution in [0.1, 0.15) is 48.1 Å². The smallest absolute Gasteiger partial charge is 0.223 e. The quantitative estimate of drug-likeness (QED) is 0.713. The molecule has 1 N–H and O–H groups in total. The molecule has 2 aromatic carbocycles. The third-order valence-electron chi connectivity index (χ3n) is 5.54. The van der Waals surface area contributed by atoms with Gasteiger partial charge >= 0.3 is 0 Å². The molecule has 0 aromatic heterocycles. The second-order valence-corrected chi connectivity index (χ2v) is 8.68. The monoisotopic (exact) mass is 428 g/mol. The van der Waals surface area contributed by atoms with Crippen molar-refractivity contribution in [3.63, 3.8) is 0 Å². The number of benzene rings is 2. The van der Waals surface area contributed by atoms with Gasteiger partial charge in [0.25, 0.3) is 0 Å². The number of hydrogen-bond acceptors (Lipinski definition) is 2. The zero-order valence-electron chi connectivity index (χ0n) is 16.5. The highest BCUT2D eigenvalue weighted by molar-refractivity contribution is 9.10. The second-order valence-electron chi connectivity index (χ2n) is 7.77. The highest BCUT2D eigenvalue weighted by Crippen LogP contribution is 2.23. The molecule has 3 rings (SSSR count). The predicted molar refractivity (Wildman–Crippen MR) is 115 cm³/mol. The van der Waals surface area contributed by atoms with Gasteiger partial charge in [0.15, 0.2) is 0 Å². The summed E-state index contributed by atoms with van der Waals surface area (Å²) in [6, 6.07) is 15.0. The highest BCUT2D eigenvalue weighted by Gasteiger charge is 2.26. The molecule has 1 fully saturated rings. The van der Waals surface area contributed by atoms with Gasteiger partial charge in [-0.3, -0.25) is 9.69 Å². The zero-order valence-corrected chi connectivity index (χ0v) is 18.1. The Balaban J connectivity index is 1.50. The number of aryl methyl sites for hydroxylation is 2. The number of likely N-dealkylation sites (tertiary alicyclic amines) is 1. The lowest BCUT2D eigenvalue weighted by Crippen LogP contribution is -2.41. The van der Waals surface area contributed by atoms with E-state index >= 15 is 0 Å². The van der Waals surface area contributed by atoms with E-state index in [0.29, 0.717) is 0 Å². The van der Waals surface area contributed by atoms with E-state index in [0.717, 1.165) is 36.9 Å². The minimum Gasteiger partial charge on any atom is -0.349 e. The van der Waals surface area contributed by atoms with E-state index < -0.39 is 0 Å². The van der Waals surface area contributed by atoms with Crippen LogP contribution < -0.4 is 5.32 Å². The number of rotatable bonds is 5. The van der Waals surface area contributed by atoms with E-state index in [1.54, 1.807) is 0 Å². The Kier molecular flexibility index (Phi) is 6.72. The molecule has 1 saturated heterocycles. The van der Waals surface area contributed by atoms with Crippen LogP contribution in [-0.4, -0.2) is 23.9 Å². The summed E-state index contributed by atoms with van der Waals surface area (Å²) in [5.41, 5.74) is 5.01. The van der Waals surface area contributed by atoms with Gasteiger partial charge in [-0.25, -0.2) is 0 Å². The standard InChI is InChI=1S/C23H29BrN2O/c1-16-4-5-17(2)22(14-16)18(3)25-23(27)20-10-12-26(13-11-20)15-19-6-8-21(24)9-7-19/h4-9,14,18,20H,10-13,15H2,1-3H3,(H,25,27)/t18-/m0/s1. The number of carbonyl (C=O) groups is 1. The minimum absolute atomic E-state index is 0.0539. The molecule has 0 unspecified atom stereocenters. The first kappa shape index (κ1) is 20.1. The number of amides is 1. The van der Waals surface area contributed by atoms with Crippen molar-refractivity contribution in [2.75, 3.05) is 13.1 Å². The van der Waals surface area contributed by atoms with E-state index in [2.05, 4.69) is 89.4 Å². The fourth-order valence-corrected chi connectivity index (χ4v) is 4.10. The van der Waals surface area contributed by atoms with Crippen LogP contribution in [0.3, 0.4) is 0 Å². The average molecular weight is 429 g/mol. The lowest BCUT2D eigenvalue weighted by atomic mass is 9.94. The summed E-state index contributed by atoms with van der Waals surface area (Å²) in [6.45, 7) is 9.21. The summed E-state index contributed by atoms with van der Waals surface area (Å²) < 4.78 is 1.11. The van der Waals surface area contributed by atoms with E-state index in [-0.39, 0.29) is 17.9 Å². The molecule has 1 aliphatic heterocycles. The van der Waals surface area contributed by atoms with Crippen molar-refractivity contribution < 1.29 is 4.79 Å². The van der Waals surface area contributed by atoms with E-state index in [4.69, 9.17) is 0 Å². The van der Waals surface area contributed by atoms with Crippen LogP contribution in [0.25, 0.3) is 0 Å². The molecule has 144 valence electrons. The van der Waals surface area contributed by atoms with Crippen molar-refractivity contribution in [1.29, 1.82) is 0 Å². The molecular weight excluding hydrogens is 400 g/mol. The molecule has 0 saturated carbocycles. The fourth-order valence-electron chi connectivity index (χ4n) is 3.84. The van der Waals surface area contributed by atoms with E-state index in [9.17, 15) is 4.79 Å². The Bertz CT molecular complexity index is 779. The highest BCUT2D eigenvalue weighted by atomic mass is 79.9. The average Bonchev–Trinajstić information content (AvgIpc) is 2.66. The normalized spacial score (nSPS) is 16.9. The van der Waals surface area contributed by atoms with Crippen LogP contribution in [0.5, 0.6) is 0 Å². The van der Waals surface area contributed by atoms with E-state index in [1.165, 1.54) is 22.3 Å². The lowest BCUT2D eigenvalue weighted by molar-refractivity contribution is -0.127. The SMILES string of the molecule is Cc1ccc(C)c([C@H](C)NC(=O)C2CCN(Cc3ccc(Br)cc3)CC2)c1.